The Kier molecular flexibility index (Phi) is 7.53. The van der Waals surface area contributed by atoms with E-state index in [0.29, 0.717) is 5.76 Å². The van der Waals surface area contributed by atoms with E-state index in [1.165, 1.54) is 63.9 Å². The van der Waals surface area contributed by atoms with Crippen LogP contribution in [0.4, 0.5) is 0 Å². The van der Waals surface area contributed by atoms with Gasteiger partial charge in [-0.1, -0.05) is 93.7 Å². The molecule has 39 heavy (non-hydrogen) atoms. The molecule has 2 nitrogen and oxygen atoms in total. The summed E-state index contributed by atoms with van der Waals surface area (Å²) in [6.45, 7) is 10.9. The highest BCUT2D eigenvalue weighted by atomic mass is 32.1. The molecule has 0 aliphatic heterocycles. The van der Waals surface area contributed by atoms with E-state index < -0.39 is 0 Å². The number of allylic oxidation sites excluding steroid dienone is 1. The van der Waals surface area contributed by atoms with Gasteiger partial charge in [0.2, 0.25) is 0 Å². The van der Waals surface area contributed by atoms with Crippen molar-refractivity contribution in [2.45, 2.75) is 13.8 Å². The lowest BCUT2D eigenvalue weighted by molar-refractivity contribution is 0.309. The molecule has 3 heteroatoms. The van der Waals surface area contributed by atoms with Crippen LogP contribution in [0, 0.1) is 0 Å². The zero-order valence-electron chi connectivity index (χ0n) is 23.0. The number of aryl methyl sites for hydroxylation is 1. The van der Waals surface area contributed by atoms with Crippen LogP contribution in [-0.4, -0.2) is 11.7 Å². The zero-order valence-corrected chi connectivity index (χ0v) is 23.8. The Morgan fingerprint density at radius 1 is 0.718 bits per heavy atom. The first-order chi connectivity index (χ1) is 19.1. The molecule has 0 unspecified atom stereocenters. The van der Waals surface area contributed by atoms with Crippen molar-refractivity contribution >= 4 is 64.1 Å². The van der Waals surface area contributed by atoms with E-state index in [1.807, 2.05) is 25.2 Å². The minimum absolute atomic E-state index is 0.606. The fraction of sp³-hybridized carbons (Fsp3) is 0.111. The largest absolute Gasteiger partial charge is 0.497 e. The first kappa shape index (κ1) is 26.3. The summed E-state index contributed by atoms with van der Waals surface area (Å²) < 4.78 is 9.60. The molecule has 2 aromatic heterocycles. The maximum atomic E-state index is 4.59. The topological polar surface area (TPSA) is 14.2 Å². The van der Waals surface area contributed by atoms with Crippen LogP contribution in [0.2, 0.25) is 0 Å². The number of aromatic nitrogens is 1. The second-order valence-electron chi connectivity index (χ2n) is 9.16. The molecule has 2 heterocycles. The Labute approximate surface area is 234 Å². The fourth-order valence-electron chi connectivity index (χ4n) is 5.15. The van der Waals surface area contributed by atoms with Gasteiger partial charge < -0.3 is 9.30 Å². The van der Waals surface area contributed by atoms with E-state index in [9.17, 15) is 0 Å². The molecule has 0 N–H and O–H groups in total. The third-order valence-corrected chi connectivity index (χ3v) is 8.23. The SMILES string of the molecule is C=CC(=C)OC.CC.Cn1c2ccc(-c3ccc4c(c3)sc3ccccc34)cc2c2c3ccccc3ccc21. The molecule has 0 aliphatic rings. The summed E-state index contributed by atoms with van der Waals surface area (Å²) in [5.74, 6) is 0.606. The summed E-state index contributed by atoms with van der Waals surface area (Å²) in [6.07, 6.45) is 1.56. The normalized spacial score (nSPS) is 10.8. The predicted octanol–water partition coefficient (Wildman–Crippen LogP) is 10.9. The first-order valence-electron chi connectivity index (χ1n) is 13.3. The maximum absolute atomic E-state index is 4.59. The summed E-state index contributed by atoms with van der Waals surface area (Å²) in [5, 5.41) is 7.98. The van der Waals surface area contributed by atoms with E-state index in [2.05, 4.69) is 127 Å². The number of hydrogen-bond acceptors (Lipinski definition) is 2. The molecule has 0 amide bonds. The minimum atomic E-state index is 0.606. The van der Waals surface area contributed by atoms with Crippen LogP contribution in [0.3, 0.4) is 0 Å². The van der Waals surface area contributed by atoms with Crippen molar-refractivity contribution in [2.75, 3.05) is 7.11 Å². The molecule has 0 saturated carbocycles. The van der Waals surface area contributed by atoms with Crippen LogP contribution in [-0.2, 0) is 11.8 Å². The second-order valence-corrected chi connectivity index (χ2v) is 10.2. The van der Waals surface area contributed by atoms with Gasteiger partial charge >= 0.3 is 0 Å². The van der Waals surface area contributed by atoms with E-state index in [0.717, 1.165) is 0 Å². The van der Waals surface area contributed by atoms with Gasteiger partial charge in [0.15, 0.2) is 0 Å². The molecule has 7 aromatic rings. The molecular weight excluding hydrogens is 494 g/mol. The number of ether oxygens (including phenoxy) is 1. The molecule has 0 atom stereocenters. The van der Waals surface area contributed by atoms with E-state index >= 15 is 0 Å². The van der Waals surface area contributed by atoms with Crippen molar-refractivity contribution in [1.29, 1.82) is 0 Å². The van der Waals surface area contributed by atoms with Crippen molar-refractivity contribution < 1.29 is 4.74 Å². The Hall–Kier alpha value is -4.34. The number of thiophene rings is 1. The predicted molar refractivity (Wildman–Crippen MR) is 174 cm³/mol. The van der Waals surface area contributed by atoms with Gasteiger partial charge in [-0.25, -0.2) is 0 Å². The van der Waals surface area contributed by atoms with Crippen LogP contribution in [0.1, 0.15) is 13.8 Å². The van der Waals surface area contributed by atoms with Gasteiger partial charge in [-0.3, -0.25) is 0 Å². The summed E-state index contributed by atoms with van der Waals surface area (Å²) in [6, 6.07) is 35.7. The lowest BCUT2D eigenvalue weighted by Crippen LogP contribution is -1.86. The zero-order chi connectivity index (χ0) is 27.5. The lowest BCUT2D eigenvalue weighted by atomic mass is 9.99. The van der Waals surface area contributed by atoms with Crippen LogP contribution in [0.25, 0.3) is 63.9 Å². The van der Waals surface area contributed by atoms with Gasteiger partial charge in [-0.15, -0.1) is 11.3 Å². The Balaban J connectivity index is 0.000000344. The Morgan fingerprint density at radius 2 is 1.36 bits per heavy atom. The average molecular weight is 528 g/mol. The van der Waals surface area contributed by atoms with Gasteiger partial charge in [0, 0.05) is 49.0 Å². The fourth-order valence-corrected chi connectivity index (χ4v) is 6.29. The number of nitrogens with zero attached hydrogens (tertiary/aromatic N) is 1. The molecular formula is C36H33NOS. The van der Waals surface area contributed by atoms with Crippen LogP contribution in [0.5, 0.6) is 0 Å². The smallest absolute Gasteiger partial charge is 0.111 e. The van der Waals surface area contributed by atoms with Gasteiger partial charge in [0.25, 0.3) is 0 Å². The first-order valence-corrected chi connectivity index (χ1v) is 14.1. The molecule has 0 saturated heterocycles. The summed E-state index contributed by atoms with van der Waals surface area (Å²) in [7, 11) is 3.73. The molecule has 0 bridgehead atoms. The standard InChI is InChI=1S/C29H19NS.C5H8O.C2H6/c1-30-25-14-12-19(16-24(25)29-21-7-3-2-6-18(21)11-15-26(29)30)20-10-13-23-22-8-4-5-9-27(22)31-28(23)17-20;1-4-5(2)6-3;1-2/h2-17H,1H3;4H,1-2H2,3H3;1-2H3. The number of rotatable bonds is 3. The Bertz CT molecular complexity index is 1970. The summed E-state index contributed by atoms with van der Waals surface area (Å²) in [5.41, 5.74) is 5.11. The average Bonchev–Trinajstić information content (AvgIpc) is 3.52. The highest BCUT2D eigenvalue weighted by molar-refractivity contribution is 7.25. The van der Waals surface area contributed by atoms with Crippen LogP contribution in [0.15, 0.2) is 122 Å². The van der Waals surface area contributed by atoms with Crippen molar-refractivity contribution in [3.63, 3.8) is 0 Å². The quantitative estimate of drug-likeness (QED) is 0.165. The third-order valence-electron chi connectivity index (χ3n) is 7.10. The summed E-state index contributed by atoms with van der Waals surface area (Å²) >= 11 is 1.88. The van der Waals surface area contributed by atoms with Gasteiger partial charge in [0.05, 0.1) is 7.11 Å². The van der Waals surface area contributed by atoms with E-state index in [4.69, 9.17) is 0 Å². The number of methoxy groups -OCH3 is 1. The Morgan fingerprint density at radius 3 is 2.10 bits per heavy atom. The molecule has 7 rings (SSSR count). The highest BCUT2D eigenvalue weighted by Gasteiger charge is 2.13. The molecule has 5 aromatic carbocycles. The maximum Gasteiger partial charge on any atom is 0.111 e. The number of hydrogen-bond donors (Lipinski definition) is 0. The van der Waals surface area contributed by atoms with E-state index in [1.54, 1.807) is 13.2 Å². The summed E-state index contributed by atoms with van der Waals surface area (Å²) in [4.78, 5) is 0. The minimum Gasteiger partial charge on any atom is -0.497 e. The molecule has 0 radical (unpaired) electrons. The van der Waals surface area contributed by atoms with Crippen LogP contribution < -0.4 is 0 Å². The second kappa shape index (κ2) is 11.2. The number of benzene rings is 5. The van der Waals surface area contributed by atoms with Crippen LogP contribution >= 0.6 is 11.3 Å². The number of fused-ring (bicyclic) bond motifs is 8. The third kappa shape index (κ3) is 4.71. The van der Waals surface area contributed by atoms with Crippen molar-refractivity contribution in [1.82, 2.24) is 4.57 Å². The molecule has 0 spiro atoms. The van der Waals surface area contributed by atoms with Gasteiger partial charge in [-0.05, 0) is 58.3 Å². The monoisotopic (exact) mass is 527 g/mol. The van der Waals surface area contributed by atoms with Gasteiger partial charge in [-0.2, -0.15) is 0 Å². The molecule has 0 aliphatic carbocycles. The van der Waals surface area contributed by atoms with Crippen molar-refractivity contribution in [2.24, 2.45) is 7.05 Å². The van der Waals surface area contributed by atoms with Crippen molar-refractivity contribution in [3.8, 4) is 11.1 Å². The highest BCUT2D eigenvalue weighted by Crippen LogP contribution is 2.39. The molecule has 0 fully saturated rings. The van der Waals surface area contributed by atoms with Gasteiger partial charge in [0.1, 0.15) is 5.76 Å². The lowest BCUT2D eigenvalue weighted by Gasteiger charge is -2.04. The van der Waals surface area contributed by atoms with E-state index in [-0.39, 0.29) is 0 Å². The van der Waals surface area contributed by atoms with Crippen molar-refractivity contribution in [3.05, 3.63) is 122 Å². The molecule has 194 valence electrons.